The van der Waals surface area contributed by atoms with E-state index in [4.69, 9.17) is 4.74 Å². The third kappa shape index (κ3) is 3.59. The van der Waals surface area contributed by atoms with E-state index in [9.17, 15) is 10.0 Å². The lowest BCUT2D eigenvalue weighted by molar-refractivity contribution is 0.412. The topological polar surface area (TPSA) is 62.6 Å². The van der Waals surface area contributed by atoms with E-state index in [1.54, 1.807) is 25.4 Å². The monoisotopic (exact) mass is 305 g/mol. The van der Waals surface area contributed by atoms with E-state index in [1.807, 2.05) is 42.5 Å². The number of hydrogen-bond donors (Lipinski definition) is 2. The Labute approximate surface area is 134 Å². The second-order valence-electron chi connectivity index (χ2n) is 5.21. The SMILES string of the molecule is COc1cc(/C=C/c2cnc3ccccc3c2)cc(B(O)O)c1. The number of rotatable bonds is 4. The summed E-state index contributed by atoms with van der Waals surface area (Å²) in [6.07, 6.45) is 5.63. The van der Waals surface area contributed by atoms with Gasteiger partial charge in [-0.15, -0.1) is 0 Å². The molecule has 0 fully saturated rings. The van der Waals surface area contributed by atoms with Crippen LogP contribution in [0.25, 0.3) is 23.1 Å². The van der Waals surface area contributed by atoms with Gasteiger partial charge >= 0.3 is 7.12 Å². The standard InChI is InChI=1S/C18H16BNO3/c1-23-17-10-13(9-16(11-17)19(21)22)6-7-14-8-15-4-2-3-5-18(15)20-12-14/h2-12,21-22H,1H3/b7-6+. The molecule has 114 valence electrons. The minimum atomic E-state index is -1.53. The molecule has 2 N–H and O–H groups in total. The quantitative estimate of drug-likeness (QED) is 0.725. The zero-order valence-corrected chi connectivity index (χ0v) is 12.7. The van der Waals surface area contributed by atoms with Gasteiger partial charge < -0.3 is 14.8 Å². The lowest BCUT2D eigenvalue weighted by Crippen LogP contribution is -2.29. The number of pyridine rings is 1. The van der Waals surface area contributed by atoms with Crippen LogP contribution in [0.2, 0.25) is 0 Å². The predicted molar refractivity (Wildman–Crippen MR) is 93.5 cm³/mol. The van der Waals surface area contributed by atoms with Crippen molar-refractivity contribution in [2.24, 2.45) is 0 Å². The van der Waals surface area contributed by atoms with E-state index in [1.165, 1.54) is 0 Å². The molecular weight excluding hydrogens is 289 g/mol. The van der Waals surface area contributed by atoms with Crippen LogP contribution in [0.15, 0.2) is 54.7 Å². The Kier molecular flexibility index (Phi) is 4.41. The first kappa shape index (κ1) is 15.3. The van der Waals surface area contributed by atoms with Crippen LogP contribution in [0.1, 0.15) is 11.1 Å². The highest BCUT2D eigenvalue weighted by molar-refractivity contribution is 6.58. The van der Waals surface area contributed by atoms with Crippen molar-refractivity contribution >= 4 is 35.6 Å². The lowest BCUT2D eigenvalue weighted by Gasteiger charge is -2.06. The van der Waals surface area contributed by atoms with Crippen molar-refractivity contribution in [3.63, 3.8) is 0 Å². The fourth-order valence-electron chi connectivity index (χ4n) is 2.38. The maximum atomic E-state index is 9.34. The fourth-order valence-corrected chi connectivity index (χ4v) is 2.38. The number of benzene rings is 2. The van der Waals surface area contributed by atoms with E-state index in [2.05, 4.69) is 11.1 Å². The number of fused-ring (bicyclic) bond motifs is 1. The molecule has 4 nitrogen and oxygen atoms in total. The van der Waals surface area contributed by atoms with Crippen LogP contribution in [-0.2, 0) is 0 Å². The van der Waals surface area contributed by atoms with Crippen molar-refractivity contribution < 1.29 is 14.8 Å². The molecule has 0 radical (unpaired) electrons. The van der Waals surface area contributed by atoms with Gasteiger partial charge in [0.25, 0.3) is 0 Å². The minimum absolute atomic E-state index is 0.389. The van der Waals surface area contributed by atoms with E-state index in [-0.39, 0.29) is 0 Å². The van der Waals surface area contributed by atoms with Crippen LogP contribution in [0.4, 0.5) is 0 Å². The van der Waals surface area contributed by atoms with E-state index in [0.29, 0.717) is 11.2 Å². The Hall–Kier alpha value is -2.63. The Morgan fingerprint density at radius 3 is 2.57 bits per heavy atom. The number of ether oxygens (including phenoxy) is 1. The molecule has 1 heterocycles. The molecule has 5 heteroatoms. The molecule has 0 saturated carbocycles. The van der Waals surface area contributed by atoms with Crippen LogP contribution in [0, 0.1) is 0 Å². The molecule has 3 rings (SSSR count). The van der Waals surface area contributed by atoms with Gasteiger partial charge in [-0.3, -0.25) is 4.98 Å². The average Bonchev–Trinajstić information content (AvgIpc) is 2.59. The first-order chi connectivity index (χ1) is 11.2. The van der Waals surface area contributed by atoms with Gasteiger partial charge in [-0.25, -0.2) is 0 Å². The summed E-state index contributed by atoms with van der Waals surface area (Å²) in [5, 5.41) is 19.8. The van der Waals surface area contributed by atoms with Gasteiger partial charge in [0, 0.05) is 11.6 Å². The number of nitrogens with zero attached hydrogens (tertiary/aromatic N) is 1. The Morgan fingerprint density at radius 1 is 1.00 bits per heavy atom. The Morgan fingerprint density at radius 2 is 1.78 bits per heavy atom. The molecule has 0 unspecified atom stereocenters. The number of hydrogen-bond acceptors (Lipinski definition) is 4. The highest BCUT2D eigenvalue weighted by Gasteiger charge is 2.12. The normalized spacial score (nSPS) is 11.1. The first-order valence-corrected chi connectivity index (χ1v) is 7.24. The van der Waals surface area contributed by atoms with Crippen molar-refractivity contribution in [1.29, 1.82) is 0 Å². The van der Waals surface area contributed by atoms with Crippen LogP contribution in [-0.4, -0.2) is 29.3 Å². The van der Waals surface area contributed by atoms with E-state index < -0.39 is 7.12 Å². The molecule has 0 bridgehead atoms. The third-order valence-corrected chi connectivity index (χ3v) is 3.56. The molecule has 0 saturated heterocycles. The molecule has 2 aromatic carbocycles. The number of aromatic nitrogens is 1. The van der Waals surface area contributed by atoms with Gasteiger partial charge in [-0.1, -0.05) is 36.4 Å². The third-order valence-electron chi connectivity index (χ3n) is 3.56. The molecule has 0 spiro atoms. The van der Waals surface area contributed by atoms with Gasteiger partial charge in [0.15, 0.2) is 0 Å². The van der Waals surface area contributed by atoms with Crippen molar-refractivity contribution in [1.82, 2.24) is 4.98 Å². The highest BCUT2D eigenvalue weighted by atomic mass is 16.5. The minimum Gasteiger partial charge on any atom is -0.497 e. The molecular formula is C18H16BNO3. The summed E-state index contributed by atoms with van der Waals surface area (Å²) in [6.45, 7) is 0. The maximum absolute atomic E-state index is 9.34. The second-order valence-corrected chi connectivity index (χ2v) is 5.21. The first-order valence-electron chi connectivity index (χ1n) is 7.24. The maximum Gasteiger partial charge on any atom is 0.488 e. The number of para-hydroxylation sites is 1. The Balaban J connectivity index is 1.93. The largest absolute Gasteiger partial charge is 0.497 e. The van der Waals surface area contributed by atoms with Gasteiger partial charge in [0.2, 0.25) is 0 Å². The van der Waals surface area contributed by atoms with Crippen molar-refractivity contribution in [2.45, 2.75) is 0 Å². The zero-order valence-electron chi connectivity index (χ0n) is 12.7. The number of methoxy groups -OCH3 is 1. The summed E-state index contributed by atoms with van der Waals surface area (Å²) >= 11 is 0. The van der Waals surface area contributed by atoms with E-state index in [0.717, 1.165) is 22.0 Å². The molecule has 0 aliphatic rings. The molecule has 3 aromatic rings. The van der Waals surface area contributed by atoms with Crippen molar-refractivity contribution in [2.75, 3.05) is 7.11 Å². The molecule has 1 aromatic heterocycles. The summed E-state index contributed by atoms with van der Waals surface area (Å²) in [6, 6.07) is 15.1. The average molecular weight is 305 g/mol. The van der Waals surface area contributed by atoms with Gasteiger partial charge in [0.05, 0.1) is 12.6 Å². The molecule has 0 amide bonds. The predicted octanol–water partition coefficient (Wildman–Crippen LogP) is 2.09. The van der Waals surface area contributed by atoms with Gasteiger partial charge in [0.1, 0.15) is 5.75 Å². The molecule has 0 aliphatic carbocycles. The zero-order chi connectivity index (χ0) is 16.2. The summed E-state index contributed by atoms with van der Waals surface area (Å²) in [7, 11) is 0.0171. The van der Waals surface area contributed by atoms with Gasteiger partial charge in [-0.2, -0.15) is 0 Å². The summed E-state index contributed by atoms with van der Waals surface area (Å²) in [4.78, 5) is 4.42. The second kappa shape index (κ2) is 6.65. The van der Waals surface area contributed by atoms with E-state index >= 15 is 0 Å². The molecule has 23 heavy (non-hydrogen) atoms. The highest BCUT2D eigenvalue weighted by Crippen LogP contribution is 2.17. The van der Waals surface area contributed by atoms with Gasteiger partial charge in [-0.05, 0) is 40.9 Å². The summed E-state index contributed by atoms with van der Waals surface area (Å²) < 4.78 is 5.19. The smallest absolute Gasteiger partial charge is 0.488 e. The summed E-state index contributed by atoms with van der Waals surface area (Å²) in [5.41, 5.74) is 3.13. The van der Waals surface area contributed by atoms with Crippen molar-refractivity contribution in [3.8, 4) is 5.75 Å². The van der Waals surface area contributed by atoms with Crippen LogP contribution >= 0.6 is 0 Å². The lowest BCUT2D eigenvalue weighted by atomic mass is 9.79. The molecule has 0 aliphatic heterocycles. The Bertz CT molecular complexity index is 862. The van der Waals surface area contributed by atoms with Crippen LogP contribution < -0.4 is 10.2 Å². The fraction of sp³-hybridized carbons (Fsp3) is 0.0556. The summed E-state index contributed by atoms with van der Waals surface area (Å²) in [5.74, 6) is 0.576. The van der Waals surface area contributed by atoms with Crippen LogP contribution in [0.5, 0.6) is 5.75 Å². The van der Waals surface area contributed by atoms with Crippen LogP contribution in [0.3, 0.4) is 0 Å². The molecule has 0 atom stereocenters. The van der Waals surface area contributed by atoms with Crippen molar-refractivity contribution in [3.05, 3.63) is 65.9 Å².